The van der Waals surface area contributed by atoms with Gasteiger partial charge < -0.3 is 16.0 Å². The summed E-state index contributed by atoms with van der Waals surface area (Å²) < 4.78 is 0. The highest BCUT2D eigenvalue weighted by Gasteiger charge is 2.23. The lowest BCUT2D eigenvalue weighted by Gasteiger charge is -2.28. The SMILES string of the molecule is CCCNC(CCN(CC)C1CCCC1)C(N)=O. The number of carbonyl (C=O) groups excluding carboxylic acids is 1. The molecular weight excluding hydrogens is 226 g/mol. The Kier molecular flexibility index (Phi) is 7.28. The molecule has 1 aliphatic rings. The largest absolute Gasteiger partial charge is 0.368 e. The van der Waals surface area contributed by atoms with Gasteiger partial charge in [-0.1, -0.05) is 26.7 Å². The molecule has 0 aromatic rings. The van der Waals surface area contributed by atoms with Crippen LogP contribution in [0.1, 0.15) is 52.4 Å². The molecule has 4 nitrogen and oxygen atoms in total. The minimum absolute atomic E-state index is 0.166. The van der Waals surface area contributed by atoms with Crippen molar-refractivity contribution in [3.05, 3.63) is 0 Å². The van der Waals surface area contributed by atoms with Crippen molar-refractivity contribution < 1.29 is 4.79 Å². The van der Waals surface area contributed by atoms with Gasteiger partial charge in [-0.15, -0.1) is 0 Å². The van der Waals surface area contributed by atoms with E-state index in [1.165, 1.54) is 25.7 Å². The summed E-state index contributed by atoms with van der Waals surface area (Å²) in [4.78, 5) is 13.9. The molecule has 3 N–H and O–H groups in total. The summed E-state index contributed by atoms with van der Waals surface area (Å²) in [6.45, 7) is 7.22. The lowest BCUT2D eigenvalue weighted by atomic mass is 10.1. The molecule has 1 unspecified atom stereocenters. The van der Waals surface area contributed by atoms with E-state index in [0.717, 1.165) is 38.5 Å². The van der Waals surface area contributed by atoms with Gasteiger partial charge in [-0.25, -0.2) is 0 Å². The Morgan fingerprint density at radius 3 is 2.56 bits per heavy atom. The maximum atomic E-state index is 11.4. The molecule has 0 spiro atoms. The zero-order valence-electron chi connectivity index (χ0n) is 12.0. The smallest absolute Gasteiger partial charge is 0.234 e. The van der Waals surface area contributed by atoms with Crippen LogP contribution in [-0.2, 0) is 4.79 Å². The summed E-state index contributed by atoms with van der Waals surface area (Å²) in [5, 5.41) is 3.24. The number of hydrogen-bond donors (Lipinski definition) is 2. The van der Waals surface area contributed by atoms with E-state index in [1.54, 1.807) is 0 Å². The third-order valence-electron chi connectivity index (χ3n) is 3.94. The second-order valence-electron chi connectivity index (χ2n) is 5.26. The van der Waals surface area contributed by atoms with Crippen LogP contribution in [0.5, 0.6) is 0 Å². The summed E-state index contributed by atoms with van der Waals surface area (Å²) in [6, 6.07) is 0.565. The minimum Gasteiger partial charge on any atom is -0.368 e. The molecule has 4 heteroatoms. The van der Waals surface area contributed by atoms with Gasteiger partial charge in [0.05, 0.1) is 6.04 Å². The fourth-order valence-corrected chi connectivity index (χ4v) is 2.83. The molecule has 1 rings (SSSR count). The van der Waals surface area contributed by atoms with Crippen molar-refractivity contribution in [3.63, 3.8) is 0 Å². The van der Waals surface area contributed by atoms with Gasteiger partial charge >= 0.3 is 0 Å². The number of primary amides is 1. The molecule has 106 valence electrons. The van der Waals surface area contributed by atoms with Crippen LogP contribution in [0.25, 0.3) is 0 Å². The van der Waals surface area contributed by atoms with E-state index in [9.17, 15) is 4.79 Å². The van der Waals surface area contributed by atoms with Crippen LogP contribution in [0.3, 0.4) is 0 Å². The highest BCUT2D eigenvalue weighted by molar-refractivity contribution is 5.79. The van der Waals surface area contributed by atoms with Crippen LogP contribution >= 0.6 is 0 Å². The van der Waals surface area contributed by atoms with E-state index in [1.807, 2.05) is 0 Å². The second kappa shape index (κ2) is 8.48. The lowest BCUT2D eigenvalue weighted by Crippen LogP contribution is -2.45. The van der Waals surface area contributed by atoms with Crippen LogP contribution in [-0.4, -0.2) is 42.5 Å². The van der Waals surface area contributed by atoms with E-state index in [4.69, 9.17) is 5.73 Å². The first kappa shape index (κ1) is 15.4. The molecule has 1 atom stereocenters. The van der Waals surface area contributed by atoms with Crippen LogP contribution in [0.15, 0.2) is 0 Å². The molecule has 0 heterocycles. The highest BCUT2D eigenvalue weighted by atomic mass is 16.1. The third kappa shape index (κ3) is 4.94. The van der Waals surface area contributed by atoms with Gasteiger partial charge in [0.1, 0.15) is 0 Å². The monoisotopic (exact) mass is 255 g/mol. The van der Waals surface area contributed by atoms with E-state index in [2.05, 4.69) is 24.1 Å². The van der Waals surface area contributed by atoms with Crippen molar-refractivity contribution in [1.29, 1.82) is 0 Å². The molecule has 1 fully saturated rings. The Bertz CT molecular complexity index is 239. The number of rotatable bonds is 9. The number of nitrogens with two attached hydrogens (primary N) is 1. The lowest BCUT2D eigenvalue weighted by molar-refractivity contribution is -0.120. The van der Waals surface area contributed by atoms with Crippen molar-refractivity contribution in [2.45, 2.75) is 64.5 Å². The Balaban J connectivity index is 2.35. The molecule has 0 aliphatic heterocycles. The van der Waals surface area contributed by atoms with Gasteiger partial charge in [0, 0.05) is 12.6 Å². The van der Waals surface area contributed by atoms with Crippen LogP contribution in [0.2, 0.25) is 0 Å². The quantitative estimate of drug-likeness (QED) is 0.656. The molecule has 1 amide bonds. The summed E-state index contributed by atoms with van der Waals surface area (Å²) in [5.74, 6) is -0.217. The molecule has 0 radical (unpaired) electrons. The molecule has 1 aliphatic carbocycles. The number of nitrogens with one attached hydrogen (secondary N) is 1. The van der Waals surface area contributed by atoms with Crippen molar-refractivity contribution >= 4 is 5.91 Å². The normalized spacial score (nSPS) is 18.4. The van der Waals surface area contributed by atoms with Crippen LogP contribution in [0.4, 0.5) is 0 Å². The maximum Gasteiger partial charge on any atom is 0.234 e. The molecule has 1 saturated carbocycles. The summed E-state index contributed by atoms with van der Waals surface area (Å²) in [5.41, 5.74) is 5.44. The summed E-state index contributed by atoms with van der Waals surface area (Å²) >= 11 is 0. The average Bonchev–Trinajstić information content (AvgIpc) is 2.87. The van der Waals surface area contributed by atoms with Crippen molar-refractivity contribution in [2.24, 2.45) is 5.73 Å². The fraction of sp³-hybridized carbons (Fsp3) is 0.929. The standard InChI is InChI=1S/C14H29N3O/c1-3-10-16-13(14(15)18)9-11-17(4-2)12-7-5-6-8-12/h12-13,16H,3-11H2,1-2H3,(H2,15,18). The van der Waals surface area contributed by atoms with Gasteiger partial charge in [0.15, 0.2) is 0 Å². The second-order valence-corrected chi connectivity index (χ2v) is 5.26. The summed E-state index contributed by atoms with van der Waals surface area (Å²) in [7, 11) is 0. The molecular formula is C14H29N3O. The zero-order chi connectivity index (χ0) is 13.4. The van der Waals surface area contributed by atoms with Gasteiger partial charge in [-0.3, -0.25) is 4.79 Å². The van der Waals surface area contributed by atoms with Crippen molar-refractivity contribution in [2.75, 3.05) is 19.6 Å². The van der Waals surface area contributed by atoms with E-state index in [0.29, 0.717) is 0 Å². The molecule has 0 bridgehead atoms. The van der Waals surface area contributed by atoms with Gasteiger partial charge in [-0.2, -0.15) is 0 Å². The average molecular weight is 255 g/mol. The highest BCUT2D eigenvalue weighted by Crippen LogP contribution is 2.23. The molecule has 0 aromatic carbocycles. The number of hydrogen-bond acceptors (Lipinski definition) is 3. The Hall–Kier alpha value is -0.610. The maximum absolute atomic E-state index is 11.4. The van der Waals surface area contributed by atoms with E-state index < -0.39 is 0 Å². The van der Waals surface area contributed by atoms with Crippen molar-refractivity contribution in [3.8, 4) is 0 Å². The van der Waals surface area contributed by atoms with Gasteiger partial charge in [0.25, 0.3) is 0 Å². The first-order valence-electron chi connectivity index (χ1n) is 7.45. The third-order valence-corrected chi connectivity index (χ3v) is 3.94. The molecule has 0 aromatic heterocycles. The van der Waals surface area contributed by atoms with Crippen LogP contribution < -0.4 is 11.1 Å². The van der Waals surface area contributed by atoms with Gasteiger partial charge in [-0.05, 0) is 38.8 Å². The molecule has 18 heavy (non-hydrogen) atoms. The first-order chi connectivity index (χ1) is 8.69. The number of carbonyl (C=O) groups is 1. The Morgan fingerprint density at radius 1 is 1.39 bits per heavy atom. The van der Waals surface area contributed by atoms with E-state index in [-0.39, 0.29) is 11.9 Å². The van der Waals surface area contributed by atoms with Crippen LogP contribution in [0, 0.1) is 0 Å². The topological polar surface area (TPSA) is 58.4 Å². The van der Waals surface area contributed by atoms with E-state index >= 15 is 0 Å². The number of amides is 1. The Morgan fingerprint density at radius 2 is 2.06 bits per heavy atom. The Labute approximate surface area is 111 Å². The summed E-state index contributed by atoms with van der Waals surface area (Å²) in [6.07, 6.45) is 7.21. The molecule has 0 saturated heterocycles. The van der Waals surface area contributed by atoms with Gasteiger partial charge in [0.2, 0.25) is 5.91 Å². The fourth-order valence-electron chi connectivity index (χ4n) is 2.83. The minimum atomic E-state index is -0.217. The van der Waals surface area contributed by atoms with Crippen molar-refractivity contribution in [1.82, 2.24) is 10.2 Å². The first-order valence-corrected chi connectivity index (χ1v) is 7.45. The number of nitrogens with zero attached hydrogens (tertiary/aromatic N) is 1. The predicted molar refractivity (Wildman–Crippen MR) is 75.4 cm³/mol. The zero-order valence-corrected chi connectivity index (χ0v) is 12.0. The predicted octanol–water partition coefficient (Wildman–Crippen LogP) is 1.49.